The van der Waals surface area contributed by atoms with Gasteiger partial charge in [0, 0.05) is 6.20 Å². The van der Waals surface area contributed by atoms with Crippen molar-refractivity contribution in [3.63, 3.8) is 0 Å². The van der Waals surface area contributed by atoms with Crippen molar-refractivity contribution in [2.75, 3.05) is 4.72 Å². The molecule has 18 heavy (non-hydrogen) atoms. The molecule has 91 valence electrons. The molecule has 1 aromatic carbocycles. The Morgan fingerprint density at radius 1 is 1.11 bits per heavy atom. The van der Waals surface area contributed by atoms with Gasteiger partial charge in [0.2, 0.25) is 0 Å². The van der Waals surface area contributed by atoms with E-state index in [1.165, 1.54) is 24.4 Å². The van der Waals surface area contributed by atoms with Crippen molar-refractivity contribution in [1.82, 2.24) is 10.5 Å². The first kappa shape index (κ1) is 12.2. The maximum absolute atomic E-state index is 12.1. The Balaban J connectivity index is 2.40. The standard InChI is InChI=1S/C11H9N4O2S/c12-14-9-5-1-2-6-10(9)18(16,17)15-11-7-3-4-8-13-11/h1-8H,(H,13,15). The summed E-state index contributed by atoms with van der Waals surface area (Å²) in [7, 11) is -3.82. The molecular weight excluding hydrogens is 252 g/mol. The first-order valence-corrected chi connectivity index (χ1v) is 6.50. The van der Waals surface area contributed by atoms with E-state index in [2.05, 4.69) is 14.8 Å². The SMILES string of the molecule is [N]=Nc1ccccc1S(=O)(=O)Nc1ccccn1. The van der Waals surface area contributed by atoms with Crippen molar-refractivity contribution in [3.05, 3.63) is 48.7 Å². The van der Waals surface area contributed by atoms with Gasteiger partial charge in [-0.1, -0.05) is 18.2 Å². The lowest BCUT2D eigenvalue weighted by Crippen LogP contribution is -2.13. The highest BCUT2D eigenvalue weighted by Crippen LogP contribution is 2.24. The van der Waals surface area contributed by atoms with Crippen LogP contribution in [0.1, 0.15) is 0 Å². The molecule has 0 spiro atoms. The molecule has 2 rings (SSSR count). The maximum Gasteiger partial charge on any atom is 0.265 e. The lowest BCUT2D eigenvalue weighted by atomic mass is 10.3. The smallest absolute Gasteiger partial charge is 0.263 e. The number of sulfonamides is 1. The van der Waals surface area contributed by atoms with Crippen LogP contribution in [0.4, 0.5) is 11.5 Å². The first-order chi connectivity index (χ1) is 8.63. The monoisotopic (exact) mass is 261 g/mol. The van der Waals surface area contributed by atoms with Crippen molar-refractivity contribution >= 4 is 21.5 Å². The number of nitrogens with zero attached hydrogens (tertiary/aromatic N) is 3. The van der Waals surface area contributed by atoms with Crippen molar-refractivity contribution in [2.45, 2.75) is 4.90 Å². The minimum Gasteiger partial charge on any atom is -0.263 e. The molecule has 0 atom stereocenters. The fourth-order valence-electron chi connectivity index (χ4n) is 1.38. The largest absolute Gasteiger partial charge is 0.265 e. The Bertz CT molecular complexity index is 656. The van der Waals surface area contributed by atoms with E-state index in [4.69, 9.17) is 5.53 Å². The fourth-order valence-corrected chi connectivity index (χ4v) is 2.53. The summed E-state index contributed by atoms with van der Waals surface area (Å²) in [5.41, 5.74) is 8.74. The number of aromatic nitrogens is 1. The van der Waals surface area contributed by atoms with E-state index in [0.29, 0.717) is 0 Å². The zero-order valence-electron chi connectivity index (χ0n) is 9.19. The minimum absolute atomic E-state index is 0.0269. The molecular formula is C11H9N4O2S. The molecule has 0 aliphatic rings. The highest BCUT2D eigenvalue weighted by atomic mass is 32.2. The normalized spacial score (nSPS) is 10.9. The number of hydrogen-bond donors (Lipinski definition) is 1. The van der Waals surface area contributed by atoms with Crippen LogP contribution in [0.25, 0.3) is 0 Å². The summed E-state index contributed by atoms with van der Waals surface area (Å²) in [6.45, 7) is 0. The molecule has 0 saturated heterocycles. The molecule has 0 unspecified atom stereocenters. The number of benzene rings is 1. The van der Waals surface area contributed by atoms with Gasteiger partial charge in [-0.15, -0.1) is 5.11 Å². The van der Waals surface area contributed by atoms with Gasteiger partial charge in [0.05, 0.1) is 0 Å². The molecule has 1 radical (unpaired) electrons. The summed E-state index contributed by atoms with van der Waals surface area (Å²) in [6, 6.07) is 10.7. The predicted octanol–water partition coefficient (Wildman–Crippen LogP) is 1.77. The van der Waals surface area contributed by atoms with E-state index in [1.807, 2.05) is 0 Å². The van der Waals surface area contributed by atoms with Gasteiger partial charge < -0.3 is 0 Å². The highest BCUT2D eigenvalue weighted by Gasteiger charge is 2.18. The first-order valence-electron chi connectivity index (χ1n) is 5.01. The lowest BCUT2D eigenvalue weighted by molar-refractivity contribution is 0.601. The van der Waals surface area contributed by atoms with Crippen molar-refractivity contribution in [2.24, 2.45) is 5.11 Å². The molecule has 2 aromatic rings. The summed E-state index contributed by atoms with van der Waals surface area (Å²) in [6.07, 6.45) is 1.47. The molecule has 0 aliphatic heterocycles. The van der Waals surface area contributed by atoms with Gasteiger partial charge in [0.1, 0.15) is 16.4 Å². The number of rotatable bonds is 4. The van der Waals surface area contributed by atoms with E-state index in [9.17, 15) is 8.42 Å². The zero-order chi connectivity index (χ0) is 13.0. The highest BCUT2D eigenvalue weighted by molar-refractivity contribution is 7.92. The Labute approximate surface area is 104 Å². The number of nitrogens with one attached hydrogen (secondary N) is 1. The second-order valence-electron chi connectivity index (χ2n) is 3.39. The zero-order valence-corrected chi connectivity index (χ0v) is 10.0. The summed E-state index contributed by atoms with van der Waals surface area (Å²) in [5, 5.41) is 2.94. The average Bonchev–Trinajstić information content (AvgIpc) is 2.39. The van der Waals surface area contributed by atoms with Crippen LogP contribution in [0.15, 0.2) is 58.7 Å². The van der Waals surface area contributed by atoms with Gasteiger partial charge in [-0.05, 0) is 29.8 Å². The maximum atomic E-state index is 12.1. The summed E-state index contributed by atoms with van der Waals surface area (Å²) >= 11 is 0. The Kier molecular flexibility index (Phi) is 3.33. The van der Waals surface area contributed by atoms with E-state index in [1.54, 1.807) is 24.3 Å². The average molecular weight is 261 g/mol. The van der Waals surface area contributed by atoms with Crippen LogP contribution in [-0.4, -0.2) is 13.4 Å². The van der Waals surface area contributed by atoms with E-state index < -0.39 is 10.0 Å². The van der Waals surface area contributed by atoms with Crippen LogP contribution < -0.4 is 10.3 Å². The van der Waals surface area contributed by atoms with Crippen LogP contribution in [0.3, 0.4) is 0 Å². The molecule has 0 amide bonds. The van der Waals surface area contributed by atoms with Crippen LogP contribution in [0.2, 0.25) is 0 Å². The molecule has 0 saturated carbocycles. The quantitative estimate of drug-likeness (QED) is 0.850. The van der Waals surface area contributed by atoms with E-state index in [-0.39, 0.29) is 16.4 Å². The van der Waals surface area contributed by atoms with Gasteiger partial charge in [0.25, 0.3) is 10.0 Å². The third kappa shape index (κ3) is 2.51. The van der Waals surface area contributed by atoms with Crippen molar-refractivity contribution in [3.8, 4) is 0 Å². The topological polar surface area (TPSA) is 93.7 Å². The van der Waals surface area contributed by atoms with Crippen LogP contribution in [0.5, 0.6) is 0 Å². The fraction of sp³-hybridized carbons (Fsp3) is 0. The number of anilines is 1. The molecule has 0 bridgehead atoms. The molecule has 1 aromatic heterocycles. The van der Waals surface area contributed by atoms with Gasteiger partial charge in [0.15, 0.2) is 0 Å². The summed E-state index contributed by atoms with van der Waals surface area (Å²) < 4.78 is 26.4. The molecule has 1 N–H and O–H groups in total. The number of hydrogen-bond acceptors (Lipinski definition) is 4. The van der Waals surface area contributed by atoms with Gasteiger partial charge in [-0.25, -0.2) is 13.4 Å². The molecule has 0 aliphatic carbocycles. The molecule has 6 nitrogen and oxygen atoms in total. The molecule has 1 heterocycles. The third-order valence-corrected chi connectivity index (χ3v) is 3.57. The van der Waals surface area contributed by atoms with Crippen molar-refractivity contribution in [1.29, 1.82) is 0 Å². The molecule has 7 heteroatoms. The summed E-state index contributed by atoms with van der Waals surface area (Å²) in [4.78, 5) is 3.75. The molecule has 0 fully saturated rings. The van der Waals surface area contributed by atoms with Gasteiger partial charge in [-0.2, -0.15) is 0 Å². The lowest BCUT2D eigenvalue weighted by Gasteiger charge is -2.08. The minimum atomic E-state index is -3.82. The van der Waals surface area contributed by atoms with Crippen LogP contribution in [-0.2, 0) is 10.0 Å². The Morgan fingerprint density at radius 2 is 1.83 bits per heavy atom. The predicted molar refractivity (Wildman–Crippen MR) is 65.7 cm³/mol. The van der Waals surface area contributed by atoms with E-state index in [0.717, 1.165) is 0 Å². The third-order valence-electron chi connectivity index (χ3n) is 2.17. The van der Waals surface area contributed by atoms with Crippen LogP contribution in [0, 0.1) is 0 Å². The van der Waals surface area contributed by atoms with Gasteiger partial charge >= 0.3 is 0 Å². The Morgan fingerprint density at radius 3 is 2.50 bits per heavy atom. The number of pyridine rings is 1. The second kappa shape index (κ2) is 4.92. The summed E-state index contributed by atoms with van der Waals surface area (Å²) in [5.74, 6) is 0.199. The van der Waals surface area contributed by atoms with Gasteiger partial charge in [-0.3, -0.25) is 4.72 Å². The van der Waals surface area contributed by atoms with E-state index >= 15 is 0 Å². The van der Waals surface area contributed by atoms with Crippen molar-refractivity contribution < 1.29 is 8.42 Å². The Hall–Kier alpha value is -2.28. The second-order valence-corrected chi connectivity index (χ2v) is 5.04. The van der Waals surface area contributed by atoms with Crippen LogP contribution >= 0.6 is 0 Å².